The first-order valence-corrected chi connectivity index (χ1v) is 12.7. The molecule has 2 unspecified atom stereocenters. The zero-order valence-corrected chi connectivity index (χ0v) is 21.6. The van der Waals surface area contributed by atoms with E-state index < -0.39 is 11.5 Å². The highest BCUT2D eigenvalue weighted by atomic mass is 16.5. The highest BCUT2D eigenvalue weighted by Crippen LogP contribution is 2.47. The third kappa shape index (κ3) is 4.44. The molecule has 3 heterocycles. The van der Waals surface area contributed by atoms with Gasteiger partial charge in [-0.2, -0.15) is 0 Å². The monoisotopic (exact) mass is 492 g/mol. The maximum Gasteiger partial charge on any atom is 0.241 e. The number of benzene rings is 2. The molecule has 192 valence electrons. The van der Waals surface area contributed by atoms with Gasteiger partial charge in [0.2, 0.25) is 11.8 Å². The Morgan fingerprint density at radius 1 is 1.19 bits per heavy atom. The summed E-state index contributed by atoms with van der Waals surface area (Å²) in [5.74, 6) is 0.524. The average molecular weight is 493 g/mol. The molecule has 3 aliphatic rings. The zero-order valence-electron chi connectivity index (χ0n) is 21.6. The summed E-state index contributed by atoms with van der Waals surface area (Å²) in [5.41, 5.74) is 2.86. The number of fused-ring (bicyclic) bond motifs is 2. The lowest BCUT2D eigenvalue weighted by Crippen LogP contribution is -2.44. The van der Waals surface area contributed by atoms with Crippen molar-refractivity contribution in [3.05, 3.63) is 48.0 Å². The number of nitrogens with one attached hydrogen (secondary N) is 2. The second-order valence-electron chi connectivity index (χ2n) is 11.2. The van der Waals surface area contributed by atoms with Gasteiger partial charge in [-0.25, -0.2) is 0 Å². The van der Waals surface area contributed by atoms with Crippen LogP contribution in [0.2, 0.25) is 0 Å². The Hall–Kier alpha value is -3.10. The van der Waals surface area contributed by atoms with E-state index in [2.05, 4.69) is 36.3 Å². The molecule has 1 spiro atoms. The number of nitrogens with zero attached hydrogens (tertiary/aromatic N) is 2. The Balaban J connectivity index is 1.34. The number of ether oxygens (including phenoxy) is 2. The lowest BCUT2D eigenvalue weighted by molar-refractivity contribution is -0.123. The van der Waals surface area contributed by atoms with E-state index in [1.807, 2.05) is 47.4 Å². The lowest BCUT2D eigenvalue weighted by atomic mass is 9.79. The van der Waals surface area contributed by atoms with Gasteiger partial charge in [0.05, 0.1) is 37.5 Å². The van der Waals surface area contributed by atoms with Crippen LogP contribution >= 0.6 is 0 Å². The molecule has 2 N–H and O–H groups in total. The number of rotatable bonds is 5. The van der Waals surface area contributed by atoms with Gasteiger partial charge in [-0.15, -0.1) is 0 Å². The van der Waals surface area contributed by atoms with E-state index in [4.69, 9.17) is 9.47 Å². The maximum absolute atomic E-state index is 13.8. The highest BCUT2D eigenvalue weighted by Gasteiger charge is 2.56. The minimum atomic E-state index is -0.728. The van der Waals surface area contributed by atoms with Crippen LogP contribution in [-0.4, -0.2) is 64.4 Å². The molecule has 2 fully saturated rings. The van der Waals surface area contributed by atoms with E-state index in [0.717, 1.165) is 30.0 Å². The Labute approximate surface area is 212 Å². The molecule has 36 heavy (non-hydrogen) atoms. The Kier molecular flexibility index (Phi) is 6.43. The first-order valence-electron chi connectivity index (χ1n) is 12.7. The van der Waals surface area contributed by atoms with Crippen molar-refractivity contribution in [2.45, 2.75) is 38.6 Å². The third-order valence-corrected chi connectivity index (χ3v) is 7.34. The molecular formula is C28H36N4O4. The molecule has 2 aromatic rings. The predicted octanol–water partition coefficient (Wildman–Crippen LogP) is 3.16. The van der Waals surface area contributed by atoms with Crippen LogP contribution in [0, 0.1) is 5.41 Å². The Morgan fingerprint density at radius 2 is 1.94 bits per heavy atom. The molecule has 2 amide bonds. The number of anilines is 3. The second kappa shape index (κ2) is 9.41. The van der Waals surface area contributed by atoms with Gasteiger partial charge < -0.3 is 29.9 Å². The second-order valence-corrected chi connectivity index (χ2v) is 11.2. The number of hydrogen-bond acceptors (Lipinski definition) is 6. The van der Waals surface area contributed by atoms with Crippen molar-refractivity contribution in [3.8, 4) is 5.75 Å². The van der Waals surface area contributed by atoms with Crippen molar-refractivity contribution in [1.29, 1.82) is 0 Å². The normalized spacial score (nSPS) is 23.8. The summed E-state index contributed by atoms with van der Waals surface area (Å²) in [6, 6.07) is 13.3. The summed E-state index contributed by atoms with van der Waals surface area (Å²) in [5, 5.41) is 6.38. The van der Waals surface area contributed by atoms with Crippen LogP contribution in [0.25, 0.3) is 0 Å². The molecule has 8 nitrogen and oxygen atoms in total. The first-order chi connectivity index (χ1) is 17.2. The van der Waals surface area contributed by atoms with Crippen molar-refractivity contribution in [3.63, 3.8) is 0 Å². The number of carbonyl (C=O) groups excluding carboxylic acids is 2. The molecule has 2 aromatic carbocycles. The Morgan fingerprint density at radius 3 is 2.67 bits per heavy atom. The van der Waals surface area contributed by atoms with Gasteiger partial charge in [-0.05, 0) is 35.6 Å². The SMILES string of the molecule is COc1cc(N2CCOCC2)ccc1NC(=O)C1CC2(CN1)C(=O)N(CC(C)(C)C)c1ccccc12. The van der Waals surface area contributed by atoms with Crippen LogP contribution in [0.5, 0.6) is 5.75 Å². The summed E-state index contributed by atoms with van der Waals surface area (Å²) in [7, 11) is 1.61. The fourth-order valence-corrected chi connectivity index (χ4v) is 5.59. The molecule has 0 bridgehead atoms. The number of hydrogen-bond donors (Lipinski definition) is 2. The Bertz CT molecular complexity index is 1150. The average Bonchev–Trinajstić information content (AvgIpc) is 3.41. The minimum absolute atomic E-state index is 0.0406. The van der Waals surface area contributed by atoms with Crippen LogP contribution in [0.4, 0.5) is 17.1 Å². The number of amides is 2. The van der Waals surface area contributed by atoms with Crippen molar-refractivity contribution in [2.75, 3.05) is 61.6 Å². The zero-order chi connectivity index (χ0) is 25.5. The standard InChI is InChI=1S/C28H36N4O4/c1-27(2,3)18-32-23-8-6-5-7-20(23)28(26(32)34)16-22(29-17-28)25(33)30-21-10-9-19(15-24(21)35-4)31-11-13-36-14-12-31/h5-10,15,22,29H,11-14,16-18H2,1-4H3,(H,30,33). The maximum atomic E-state index is 13.8. The van der Waals surface area contributed by atoms with E-state index in [9.17, 15) is 9.59 Å². The number of methoxy groups -OCH3 is 1. The summed E-state index contributed by atoms with van der Waals surface area (Å²) in [4.78, 5) is 31.3. The topological polar surface area (TPSA) is 83.1 Å². The highest BCUT2D eigenvalue weighted by molar-refractivity contribution is 6.10. The van der Waals surface area contributed by atoms with Crippen LogP contribution in [0.3, 0.4) is 0 Å². The fourth-order valence-electron chi connectivity index (χ4n) is 5.59. The van der Waals surface area contributed by atoms with Gasteiger partial charge >= 0.3 is 0 Å². The van der Waals surface area contributed by atoms with Crippen molar-refractivity contribution >= 4 is 28.9 Å². The van der Waals surface area contributed by atoms with Crippen LogP contribution in [0.1, 0.15) is 32.8 Å². The summed E-state index contributed by atoms with van der Waals surface area (Å²) < 4.78 is 11.1. The largest absolute Gasteiger partial charge is 0.494 e. The van der Waals surface area contributed by atoms with Gasteiger partial charge in [0, 0.05) is 43.6 Å². The van der Waals surface area contributed by atoms with E-state index in [1.54, 1.807) is 7.11 Å². The number of para-hydroxylation sites is 1. The first kappa shape index (κ1) is 24.6. The molecule has 2 saturated heterocycles. The van der Waals surface area contributed by atoms with Crippen molar-refractivity contribution < 1.29 is 19.1 Å². The van der Waals surface area contributed by atoms with E-state index in [1.165, 1.54) is 0 Å². The van der Waals surface area contributed by atoms with Crippen molar-refractivity contribution in [1.82, 2.24) is 5.32 Å². The summed E-state index contributed by atoms with van der Waals surface area (Å²) >= 11 is 0. The molecule has 3 aliphatic heterocycles. The van der Waals surface area contributed by atoms with Gasteiger partial charge in [0.15, 0.2) is 0 Å². The molecule has 5 rings (SSSR count). The molecule has 0 aliphatic carbocycles. The smallest absolute Gasteiger partial charge is 0.241 e. The predicted molar refractivity (Wildman–Crippen MR) is 141 cm³/mol. The van der Waals surface area contributed by atoms with E-state index in [-0.39, 0.29) is 17.2 Å². The lowest BCUT2D eigenvalue weighted by Gasteiger charge is -2.29. The molecule has 8 heteroatoms. The van der Waals surface area contributed by atoms with Crippen LogP contribution < -0.4 is 25.2 Å². The molecule has 0 radical (unpaired) electrons. The molecule has 0 aromatic heterocycles. The van der Waals surface area contributed by atoms with Gasteiger partial charge in [0.25, 0.3) is 0 Å². The number of morpholine rings is 1. The fraction of sp³-hybridized carbons (Fsp3) is 0.500. The van der Waals surface area contributed by atoms with Crippen LogP contribution in [-0.2, 0) is 19.7 Å². The van der Waals surface area contributed by atoms with Gasteiger partial charge in [-0.3, -0.25) is 9.59 Å². The summed E-state index contributed by atoms with van der Waals surface area (Å²) in [6.45, 7) is 10.5. The minimum Gasteiger partial charge on any atom is -0.494 e. The van der Waals surface area contributed by atoms with Crippen molar-refractivity contribution in [2.24, 2.45) is 5.41 Å². The van der Waals surface area contributed by atoms with E-state index in [0.29, 0.717) is 44.2 Å². The van der Waals surface area contributed by atoms with E-state index >= 15 is 0 Å². The molecular weight excluding hydrogens is 456 g/mol. The molecule has 2 atom stereocenters. The summed E-state index contributed by atoms with van der Waals surface area (Å²) in [6.07, 6.45) is 0.420. The van der Waals surface area contributed by atoms with Crippen LogP contribution in [0.15, 0.2) is 42.5 Å². The third-order valence-electron chi connectivity index (χ3n) is 7.34. The van der Waals surface area contributed by atoms with Gasteiger partial charge in [-0.1, -0.05) is 39.0 Å². The number of carbonyl (C=O) groups is 2. The quantitative estimate of drug-likeness (QED) is 0.667. The molecule has 0 saturated carbocycles. The van der Waals surface area contributed by atoms with Gasteiger partial charge in [0.1, 0.15) is 5.75 Å².